The smallest absolute Gasteiger partial charge is 0.273 e. The maximum absolute atomic E-state index is 12.8. The highest BCUT2D eigenvalue weighted by Crippen LogP contribution is 2.33. The van der Waals surface area contributed by atoms with Crippen LogP contribution in [0.25, 0.3) is 5.69 Å². The quantitative estimate of drug-likeness (QED) is 0.233. The van der Waals surface area contributed by atoms with Crippen LogP contribution in [-0.2, 0) is 6.61 Å². The molecule has 4 aromatic rings. The van der Waals surface area contributed by atoms with Crippen LogP contribution in [0.5, 0.6) is 11.5 Å². The summed E-state index contributed by atoms with van der Waals surface area (Å²) in [5, 5.41) is 4.15. The van der Waals surface area contributed by atoms with Gasteiger partial charge in [0.05, 0.1) is 24.6 Å². The highest BCUT2D eigenvalue weighted by Gasteiger charge is 2.12. The summed E-state index contributed by atoms with van der Waals surface area (Å²) in [5.41, 5.74) is 6.90. The van der Waals surface area contributed by atoms with Gasteiger partial charge in [-0.1, -0.05) is 42.0 Å². The molecule has 1 amide bonds. The average molecular weight is 518 g/mol. The van der Waals surface area contributed by atoms with Gasteiger partial charge in [0, 0.05) is 22.4 Å². The highest BCUT2D eigenvalue weighted by molar-refractivity contribution is 9.10. The molecule has 7 heteroatoms. The molecule has 1 aromatic heterocycles. The SMILES string of the molecule is COc1cc(C=NNC(=O)c2ccccc2-n2cccc2)c(Br)cc1OCc1ccc(C)cc1. The van der Waals surface area contributed by atoms with Crippen LogP contribution in [0.3, 0.4) is 0 Å². The number of hydrazone groups is 1. The number of methoxy groups -OCH3 is 1. The van der Waals surface area contributed by atoms with Crippen LogP contribution in [-0.4, -0.2) is 23.8 Å². The minimum atomic E-state index is -0.304. The zero-order chi connectivity index (χ0) is 23.9. The number of amides is 1. The first-order valence-corrected chi connectivity index (χ1v) is 11.5. The number of benzene rings is 3. The Hall–Kier alpha value is -3.84. The van der Waals surface area contributed by atoms with E-state index in [1.807, 2.05) is 65.5 Å². The Morgan fingerprint density at radius 2 is 1.76 bits per heavy atom. The van der Waals surface area contributed by atoms with Gasteiger partial charge in [0.15, 0.2) is 11.5 Å². The number of rotatable bonds is 8. The van der Waals surface area contributed by atoms with Crippen molar-refractivity contribution in [1.82, 2.24) is 9.99 Å². The molecular weight excluding hydrogens is 494 g/mol. The van der Waals surface area contributed by atoms with Crippen LogP contribution in [0.1, 0.15) is 27.0 Å². The number of aromatic nitrogens is 1. The lowest BCUT2D eigenvalue weighted by Crippen LogP contribution is -2.19. The van der Waals surface area contributed by atoms with E-state index in [1.54, 1.807) is 25.5 Å². The van der Waals surface area contributed by atoms with E-state index in [0.717, 1.165) is 21.3 Å². The third kappa shape index (κ3) is 5.55. The first kappa shape index (κ1) is 23.3. The molecule has 3 aromatic carbocycles. The summed E-state index contributed by atoms with van der Waals surface area (Å²) in [5.74, 6) is 0.875. The summed E-state index contributed by atoms with van der Waals surface area (Å²) in [6, 6.07) is 23.0. The van der Waals surface area contributed by atoms with E-state index < -0.39 is 0 Å². The summed E-state index contributed by atoms with van der Waals surface area (Å²) in [7, 11) is 1.59. The Morgan fingerprint density at radius 1 is 1.03 bits per heavy atom. The number of para-hydroxylation sites is 1. The van der Waals surface area contributed by atoms with E-state index in [2.05, 4.69) is 45.5 Å². The molecule has 1 N–H and O–H groups in total. The molecular formula is C27H24BrN3O3. The van der Waals surface area contributed by atoms with Gasteiger partial charge in [-0.05, 0) is 64.8 Å². The second kappa shape index (κ2) is 10.9. The first-order valence-electron chi connectivity index (χ1n) is 10.7. The Bertz CT molecular complexity index is 1300. The molecule has 0 aliphatic rings. The third-order valence-corrected chi connectivity index (χ3v) is 5.89. The Labute approximate surface area is 207 Å². The number of carbonyl (C=O) groups is 1. The molecule has 0 saturated heterocycles. The van der Waals surface area contributed by atoms with Crippen LogP contribution in [0, 0.1) is 6.92 Å². The van der Waals surface area contributed by atoms with E-state index in [-0.39, 0.29) is 5.91 Å². The number of ether oxygens (including phenoxy) is 2. The third-order valence-electron chi connectivity index (χ3n) is 5.20. The Morgan fingerprint density at radius 3 is 2.50 bits per heavy atom. The maximum Gasteiger partial charge on any atom is 0.273 e. The standard InChI is InChI=1S/C27H24BrN3O3/c1-19-9-11-20(12-10-19)18-34-26-16-23(28)21(15-25(26)33-2)17-29-30-27(32)22-7-3-4-8-24(22)31-13-5-6-14-31/h3-17H,18H2,1-2H3,(H,30,32). The van der Waals surface area contributed by atoms with Crippen LogP contribution in [0.15, 0.2) is 94.8 Å². The summed E-state index contributed by atoms with van der Waals surface area (Å²) in [6.45, 7) is 2.47. The van der Waals surface area contributed by atoms with Gasteiger partial charge in [0.1, 0.15) is 6.61 Å². The van der Waals surface area contributed by atoms with Gasteiger partial charge in [-0.2, -0.15) is 5.10 Å². The lowest BCUT2D eigenvalue weighted by molar-refractivity contribution is 0.0955. The molecule has 0 spiro atoms. The van der Waals surface area contributed by atoms with Gasteiger partial charge in [0.2, 0.25) is 0 Å². The van der Waals surface area contributed by atoms with Crippen molar-refractivity contribution in [1.29, 1.82) is 0 Å². The minimum absolute atomic E-state index is 0.304. The molecule has 172 valence electrons. The minimum Gasteiger partial charge on any atom is -0.493 e. The number of aryl methyl sites for hydroxylation is 1. The van der Waals surface area contributed by atoms with Crippen molar-refractivity contribution >= 4 is 28.1 Å². The summed E-state index contributed by atoms with van der Waals surface area (Å²) >= 11 is 3.55. The van der Waals surface area contributed by atoms with Crippen molar-refractivity contribution in [3.05, 3.63) is 112 Å². The van der Waals surface area contributed by atoms with Crippen molar-refractivity contribution in [2.75, 3.05) is 7.11 Å². The molecule has 4 rings (SSSR count). The van der Waals surface area contributed by atoms with Crippen molar-refractivity contribution < 1.29 is 14.3 Å². The van der Waals surface area contributed by atoms with Gasteiger partial charge >= 0.3 is 0 Å². The summed E-state index contributed by atoms with van der Waals surface area (Å²) in [6.07, 6.45) is 5.34. The Balaban J connectivity index is 1.46. The molecule has 0 atom stereocenters. The largest absolute Gasteiger partial charge is 0.493 e. The fraction of sp³-hybridized carbons (Fsp3) is 0.111. The van der Waals surface area contributed by atoms with E-state index in [1.165, 1.54) is 5.56 Å². The normalized spacial score (nSPS) is 10.9. The zero-order valence-electron chi connectivity index (χ0n) is 18.9. The predicted molar refractivity (Wildman–Crippen MR) is 137 cm³/mol. The maximum atomic E-state index is 12.8. The van der Waals surface area contributed by atoms with Gasteiger partial charge < -0.3 is 14.0 Å². The van der Waals surface area contributed by atoms with Crippen molar-refractivity contribution in [3.63, 3.8) is 0 Å². The fourth-order valence-corrected chi connectivity index (χ4v) is 3.80. The van der Waals surface area contributed by atoms with Crippen LogP contribution in [0.2, 0.25) is 0 Å². The second-order valence-corrected chi connectivity index (χ2v) is 8.46. The molecule has 34 heavy (non-hydrogen) atoms. The lowest BCUT2D eigenvalue weighted by atomic mass is 10.1. The van der Waals surface area contributed by atoms with Gasteiger partial charge in [-0.3, -0.25) is 4.79 Å². The van der Waals surface area contributed by atoms with Crippen molar-refractivity contribution in [2.24, 2.45) is 5.10 Å². The van der Waals surface area contributed by atoms with E-state index in [4.69, 9.17) is 9.47 Å². The molecule has 0 fully saturated rings. The molecule has 0 radical (unpaired) electrons. The molecule has 0 bridgehead atoms. The fourth-order valence-electron chi connectivity index (χ4n) is 3.37. The number of hydrogen-bond donors (Lipinski definition) is 1. The van der Waals surface area contributed by atoms with Crippen LogP contribution < -0.4 is 14.9 Å². The van der Waals surface area contributed by atoms with Crippen LogP contribution in [0.4, 0.5) is 0 Å². The average Bonchev–Trinajstić information content (AvgIpc) is 3.39. The Kier molecular flexibility index (Phi) is 7.44. The topological polar surface area (TPSA) is 64.8 Å². The number of nitrogens with zero attached hydrogens (tertiary/aromatic N) is 2. The molecule has 1 heterocycles. The number of hydrogen-bond acceptors (Lipinski definition) is 4. The van der Waals surface area contributed by atoms with E-state index in [0.29, 0.717) is 23.7 Å². The lowest BCUT2D eigenvalue weighted by Gasteiger charge is -2.13. The first-order chi connectivity index (χ1) is 16.5. The zero-order valence-corrected chi connectivity index (χ0v) is 20.5. The summed E-state index contributed by atoms with van der Waals surface area (Å²) < 4.78 is 14.1. The van der Waals surface area contributed by atoms with Crippen molar-refractivity contribution in [2.45, 2.75) is 13.5 Å². The molecule has 0 aliphatic carbocycles. The number of halogens is 1. The van der Waals surface area contributed by atoms with Gasteiger partial charge in [-0.25, -0.2) is 5.43 Å². The predicted octanol–water partition coefficient (Wildman–Crippen LogP) is 5.90. The van der Waals surface area contributed by atoms with Gasteiger partial charge in [0.25, 0.3) is 5.91 Å². The van der Waals surface area contributed by atoms with Crippen LogP contribution >= 0.6 is 15.9 Å². The highest BCUT2D eigenvalue weighted by atomic mass is 79.9. The molecule has 6 nitrogen and oxygen atoms in total. The number of nitrogens with one attached hydrogen (secondary N) is 1. The van der Waals surface area contributed by atoms with Crippen molar-refractivity contribution in [3.8, 4) is 17.2 Å². The molecule has 0 saturated carbocycles. The number of carbonyl (C=O) groups excluding carboxylic acids is 1. The summed E-state index contributed by atoms with van der Waals surface area (Å²) in [4.78, 5) is 12.8. The van der Waals surface area contributed by atoms with E-state index >= 15 is 0 Å². The van der Waals surface area contributed by atoms with Gasteiger partial charge in [-0.15, -0.1) is 0 Å². The second-order valence-electron chi connectivity index (χ2n) is 7.61. The monoisotopic (exact) mass is 517 g/mol. The molecule has 0 unspecified atom stereocenters. The molecule has 0 aliphatic heterocycles. The van der Waals surface area contributed by atoms with E-state index in [9.17, 15) is 4.79 Å².